The zero-order chi connectivity index (χ0) is 18.5. The van der Waals surface area contributed by atoms with Crippen LogP contribution in [0.1, 0.15) is 124 Å². The van der Waals surface area contributed by atoms with E-state index in [1.54, 1.807) is 0 Å². The molecule has 1 nitrogen and oxygen atoms in total. The van der Waals surface area contributed by atoms with Crippen LogP contribution in [0.3, 0.4) is 0 Å². The molecule has 0 aromatic carbocycles. The highest BCUT2D eigenvalue weighted by Gasteiger charge is 2.36. The smallest absolute Gasteiger partial charge is 0.0126 e. The average Bonchev–Trinajstić information content (AvgIpc) is 2.73. The Hall–Kier alpha value is -0.0400. The summed E-state index contributed by atoms with van der Waals surface area (Å²) in [4.78, 5) is 2.86. The van der Waals surface area contributed by atoms with E-state index in [4.69, 9.17) is 0 Å². The van der Waals surface area contributed by atoms with E-state index in [9.17, 15) is 0 Å². The maximum absolute atomic E-state index is 2.86. The average molecular weight is 352 g/mol. The van der Waals surface area contributed by atoms with Crippen LogP contribution in [0.5, 0.6) is 0 Å². The minimum Gasteiger partial charge on any atom is -0.300 e. The second-order valence-corrected chi connectivity index (χ2v) is 8.81. The van der Waals surface area contributed by atoms with Crippen LogP contribution in [-0.4, -0.2) is 24.0 Å². The van der Waals surface area contributed by atoms with Gasteiger partial charge in [0, 0.05) is 12.1 Å². The second kappa shape index (κ2) is 14.1. The fourth-order valence-electron chi connectivity index (χ4n) is 5.29. The Kier molecular flexibility index (Phi) is 12.9. The summed E-state index contributed by atoms with van der Waals surface area (Å²) in [7, 11) is 2.48. The van der Waals surface area contributed by atoms with Crippen LogP contribution in [0.4, 0.5) is 0 Å². The van der Waals surface area contributed by atoms with Gasteiger partial charge in [-0.1, -0.05) is 91.9 Å². The Balaban J connectivity index is 2.84. The van der Waals surface area contributed by atoms with E-state index in [-0.39, 0.29) is 0 Å². The molecule has 4 atom stereocenters. The van der Waals surface area contributed by atoms with Gasteiger partial charge in [0.1, 0.15) is 0 Å². The van der Waals surface area contributed by atoms with Crippen LogP contribution in [0.2, 0.25) is 0 Å². The molecule has 0 amide bonds. The van der Waals surface area contributed by atoms with Gasteiger partial charge in [-0.25, -0.2) is 0 Å². The lowest BCUT2D eigenvalue weighted by molar-refractivity contribution is 0.0978. The molecule has 1 heterocycles. The first-order valence-corrected chi connectivity index (χ1v) is 11.9. The van der Waals surface area contributed by atoms with Gasteiger partial charge in [0.15, 0.2) is 0 Å². The first-order chi connectivity index (χ1) is 12.2. The molecule has 1 saturated heterocycles. The Bertz CT molecular complexity index is 300. The van der Waals surface area contributed by atoms with Crippen molar-refractivity contribution < 1.29 is 0 Å². The third-order valence-electron chi connectivity index (χ3n) is 6.86. The Labute approximate surface area is 160 Å². The van der Waals surface area contributed by atoms with E-state index in [0.717, 1.165) is 23.9 Å². The van der Waals surface area contributed by atoms with Crippen molar-refractivity contribution >= 4 is 0 Å². The van der Waals surface area contributed by atoms with Gasteiger partial charge in [0.2, 0.25) is 0 Å². The molecular formula is C24H49N. The Morgan fingerprint density at radius 2 is 1.28 bits per heavy atom. The van der Waals surface area contributed by atoms with Crippen LogP contribution in [0.15, 0.2) is 0 Å². The fraction of sp³-hybridized carbons (Fsp3) is 1.00. The lowest BCUT2D eigenvalue weighted by Gasteiger charge is -2.39. The lowest BCUT2D eigenvalue weighted by atomic mass is 9.77. The van der Waals surface area contributed by atoms with Crippen LogP contribution < -0.4 is 0 Å². The molecule has 0 aromatic rings. The van der Waals surface area contributed by atoms with Crippen LogP contribution in [-0.2, 0) is 0 Å². The maximum Gasteiger partial charge on any atom is 0.0126 e. The number of hydrogen-bond donors (Lipinski definition) is 0. The first kappa shape index (κ1) is 23.0. The van der Waals surface area contributed by atoms with Crippen molar-refractivity contribution in [3.8, 4) is 0 Å². The van der Waals surface area contributed by atoms with Crippen molar-refractivity contribution in [1.82, 2.24) is 4.90 Å². The van der Waals surface area contributed by atoms with E-state index >= 15 is 0 Å². The van der Waals surface area contributed by atoms with E-state index in [1.807, 2.05) is 0 Å². The topological polar surface area (TPSA) is 3.24 Å². The van der Waals surface area contributed by atoms with Crippen molar-refractivity contribution in [3.63, 3.8) is 0 Å². The zero-order valence-corrected chi connectivity index (χ0v) is 18.4. The summed E-state index contributed by atoms with van der Waals surface area (Å²) in [6.07, 6.45) is 21.4. The van der Waals surface area contributed by atoms with Gasteiger partial charge >= 0.3 is 0 Å². The van der Waals surface area contributed by atoms with Gasteiger partial charge in [-0.3, -0.25) is 0 Å². The lowest BCUT2D eigenvalue weighted by Crippen LogP contribution is -2.43. The molecule has 1 aliphatic rings. The summed E-state index contributed by atoms with van der Waals surface area (Å²) >= 11 is 0. The summed E-state index contributed by atoms with van der Waals surface area (Å²) in [5.41, 5.74) is 0. The highest BCUT2D eigenvalue weighted by atomic mass is 15.2. The molecule has 1 heteroatoms. The van der Waals surface area contributed by atoms with E-state index in [1.165, 1.54) is 96.3 Å². The van der Waals surface area contributed by atoms with Gasteiger partial charge < -0.3 is 4.90 Å². The zero-order valence-electron chi connectivity index (χ0n) is 18.4. The van der Waals surface area contributed by atoms with Crippen LogP contribution in [0.25, 0.3) is 0 Å². The summed E-state index contributed by atoms with van der Waals surface area (Å²) in [6, 6.07) is 1.70. The van der Waals surface area contributed by atoms with E-state index in [0.29, 0.717) is 0 Å². The molecular weight excluding hydrogens is 302 g/mol. The monoisotopic (exact) mass is 351 g/mol. The molecule has 0 N–H and O–H groups in total. The molecule has 4 unspecified atom stereocenters. The van der Waals surface area contributed by atoms with Gasteiger partial charge in [-0.15, -0.1) is 0 Å². The summed E-state index contributed by atoms with van der Waals surface area (Å²) in [6.45, 7) is 9.45. The molecule has 0 aromatic heterocycles. The SMILES string of the molecule is CCCCCC1CCC(CCCCC)N(C)C(CCC)C1CCCC. The van der Waals surface area contributed by atoms with Gasteiger partial charge in [0.05, 0.1) is 0 Å². The Morgan fingerprint density at radius 1 is 0.640 bits per heavy atom. The highest BCUT2D eigenvalue weighted by Crippen LogP contribution is 2.39. The minimum absolute atomic E-state index is 0.845. The predicted molar refractivity (Wildman–Crippen MR) is 114 cm³/mol. The molecule has 0 radical (unpaired) electrons. The minimum atomic E-state index is 0.845. The highest BCUT2D eigenvalue weighted by molar-refractivity contribution is 4.90. The normalized spacial score (nSPS) is 28.2. The maximum atomic E-state index is 2.86. The third-order valence-corrected chi connectivity index (χ3v) is 6.86. The van der Waals surface area contributed by atoms with Crippen molar-refractivity contribution in [2.24, 2.45) is 11.8 Å². The Morgan fingerprint density at radius 3 is 1.88 bits per heavy atom. The number of likely N-dealkylation sites (tertiary alicyclic amines) is 1. The number of unbranched alkanes of at least 4 members (excludes halogenated alkanes) is 5. The number of rotatable bonds is 13. The standard InChI is InChI=1S/C24H49N/c1-6-10-13-16-21-19-20-22(17-14-11-7-2)25(5)24(15-9-4)23(21)18-12-8-3/h21-24H,6-20H2,1-5H3. The molecule has 0 bridgehead atoms. The van der Waals surface area contributed by atoms with Crippen molar-refractivity contribution in [2.45, 2.75) is 136 Å². The third kappa shape index (κ3) is 8.02. The summed E-state index contributed by atoms with van der Waals surface area (Å²) in [5, 5.41) is 0. The molecule has 1 fully saturated rings. The van der Waals surface area contributed by atoms with Crippen LogP contribution in [0, 0.1) is 11.8 Å². The fourth-order valence-corrected chi connectivity index (χ4v) is 5.29. The van der Waals surface area contributed by atoms with E-state index < -0.39 is 0 Å². The number of nitrogens with zero attached hydrogens (tertiary/aromatic N) is 1. The summed E-state index contributed by atoms with van der Waals surface area (Å²) < 4.78 is 0. The largest absolute Gasteiger partial charge is 0.300 e. The predicted octanol–water partition coefficient (Wildman–Crippen LogP) is 7.83. The van der Waals surface area contributed by atoms with E-state index in [2.05, 4.69) is 39.6 Å². The van der Waals surface area contributed by atoms with Crippen molar-refractivity contribution in [1.29, 1.82) is 0 Å². The molecule has 1 aliphatic heterocycles. The molecule has 0 spiro atoms. The summed E-state index contributed by atoms with van der Waals surface area (Å²) in [5.74, 6) is 1.95. The molecule has 0 saturated carbocycles. The quantitative estimate of drug-likeness (QED) is 0.305. The van der Waals surface area contributed by atoms with Gasteiger partial charge in [-0.2, -0.15) is 0 Å². The molecule has 150 valence electrons. The molecule has 1 rings (SSSR count). The van der Waals surface area contributed by atoms with Crippen molar-refractivity contribution in [2.75, 3.05) is 7.05 Å². The first-order valence-electron chi connectivity index (χ1n) is 11.9. The molecule has 0 aliphatic carbocycles. The second-order valence-electron chi connectivity index (χ2n) is 8.81. The van der Waals surface area contributed by atoms with Gasteiger partial charge in [-0.05, 0) is 51.0 Å². The van der Waals surface area contributed by atoms with Gasteiger partial charge in [0.25, 0.3) is 0 Å². The van der Waals surface area contributed by atoms with Crippen molar-refractivity contribution in [3.05, 3.63) is 0 Å². The molecule has 25 heavy (non-hydrogen) atoms. The number of hydrogen-bond acceptors (Lipinski definition) is 1. The van der Waals surface area contributed by atoms with Crippen LogP contribution >= 0.6 is 0 Å².